The van der Waals surface area contributed by atoms with Crippen LogP contribution in [0.15, 0.2) is 53.7 Å². The zero-order valence-electron chi connectivity index (χ0n) is 13.9. The first-order valence-corrected chi connectivity index (χ1v) is 7.94. The Balaban J connectivity index is 2.25. The molecule has 126 valence electrons. The average molecular weight is 335 g/mol. The van der Waals surface area contributed by atoms with E-state index in [9.17, 15) is 14.9 Å². The third-order valence-corrected chi connectivity index (χ3v) is 4.15. The summed E-state index contributed by atoms with van der Waals surface area (Å²) in [4.78, 5) is 25.8. The summed E-state index contributed by atoms with van der Waals surface area (Å²) in [6.07, 6.45) is -0.779. The molecular weight excluding hydrogens is 318 g/mol. The van der Waals surface area contributed by atoms with Gasteiger partial charge in [-0.05, 0) is 30.2 Å². The van der Waals surface area contributed by atoms with E-state index >= 15 is 0 Å². The first kappa shape index (κ1) is 16.5. The predicted octanol–water partition coefficient (Wildman–Crippen LogP) is 3.86. The van der Waals surface area contributed by atoms with Crippen molar-refractivity contribution >= 4 is 22.9 Å². The standard InChI is InChI=1S/C19H17N3O3/c1-3-25-19(24)22-17(16(11-20)12(2)21-18(22)23)15-10-6-8-13-7-4-5-9-14(13)15/h4-10,17H,3H2,1-2H3,(H,21,23). The minimum Gasteiger partial charge on any atom is -0.449 e. The summed E-state index contributed by atoms with van der Waals surface area (Å²) in [5.41, 5.74) is 1.45. The van der Waals surface area contributed by atoms with Gasteiger partial charge in [0.1, 0.15) is 6.04 Å². The number of carbonyl (C=O) groups excluding carboxylic acids is 2. The molecule has 1 aliphatic rings. The van der Waals surface area contributed by atoms with Crippen molar-refractivity contribution in [2.45, 2.75) is 19.9 Å². The van der Waals surface area contributed by atoms with E-state index in [1.54, 1.807) is 13.8 Å². The number of urea groups is 1. The second-order valence-corrected chi connectivity index (χ2v) is 5.62. The predicted molar refractivity (Wildman–Crippen MR) is 92.4 cm³/mol. The van der Waals surface area contributed by atoms with E-state index < -0.39 is 18.2 Å². The van der Waals surface area contributed by atoms with Crippen LogP contribution in [0.25, 0.3) is 10.8 Å². The highest BCUT2D eigenvalue weighted by atomic mass is 16.6. The van der Waals surface area contributed by atoms with Crippen LogP contribution in [-0.2, 0) is 4.74 Å². The molecule has 0 aliphatic carbocycles. The molecule has 1 N–H and O–H groups in total. The number of allylic oxidation sites excluding steroid dienone is 1. The normalized spacial score (nSPS) is 17.2. The Morgan fingerprint density at radius 3 is 2.72 bits per heavy atom. The molecule has 0 radical (unpaired) electrons. The number of nitrogens with zero attached hydrogens (tertiary/aromatic N) is 2. The molecule has 1 unspecified atom stereocenters. The Hall–Kier alpha value is -3.33. The van der Waals surface area contributed by atoms with Crippen molar-refractivity contribution in [2.75, 3.05) is 6.61 Å². The maximum absolute atomic E-state index is 12.5. The van der Waals surface area contributed by atoms with Crippen molar-refractivity contribution in [1.29, 1.82) is 5.26 Å². The molecule has 25 heavy (non-hydrogen) atoms. The lowest BCUT2D eigenvalue weighted by atomic mass is 9.91. The largest absolute Gasteiger partial charge is 0.449 e. The Kier molecular flexibility index (Phi) is 4.40. The fourth-order valence-electron chi connectivity index (χ4n) is 3.05. The van der Waals surface area contributed by atoms with Crippen LogP contribution in [0.1, 0.15) is 25.5 Å². The van der Waals surface area contributed by atoms with Crippen LogP contribution in [0, 0.1) is 11.3 Å². The average Bonchev–Trinajstić information content (AvgIpc) is 2.60. The molecular formula is C19H17N3O3. The lowest BCUT2D eigenvalue weighted by Gasteiger charge is -2.34. The summed E-state index contributed by atoms with van der Waals surface area (Å²) in [5.74, 6) is 0. The van der Waals surface area contributed by atoms with Crippen LogP contribution in [-0.4, -0.2) is 23.6 Å². The number of nitrogens with one attached hydrogen (secondary N) is 1. The monoisotopic (exact) mass is 335 g/mol. The second-order valence-electron chi connectivity index (χ2n) is 5.62. The number of ether oxygens (including phenoxy) is 1. The number of nitriles is 1. The molecule has 2 aromatic rings. The Morgan fingerprint density at radius 2 is 2.00 bits per heavy atom. The molecule has 6 nitrogen and oxygen atoms in total. The van der Waals surface area contributed by atoms with E-state index in [0.29, 0.717) is 16.8 Å². The number of benzene rings is 2. The zero-order chi connectivity index (χ0) is 18.0. The molecule has 0 saturated heterocycles. The second kappa shape index (κ2) is 6.65. The van der Waals surface area contributed by atoms with Gasteiger partial charge in [0.15, 0.2) is 0 Å². The number of hydrogen-bond donors (Lipinski definition) is 1. The van der Waals surface area contributed by atoms with Crippen LogP contribution < -0.4 is 5.32 Å². The van der Waals surface area contributed by atoms with Gasteiger partial charge in [-0.3, -0.25) is 0 Å². The van der Waals surface area contributed by atoms with Crippen molar-refractivity contribution in [1.82, 2.24) is 10.2 Å². The highest BCUT2D eigenvalue weighted by Gasteiger charge is 2.40. The SMILES string of the molecule is CCOC(=O)N1C(=O)NC(C)=C(C#N)C1c1cccc2ccccc12. The first-order chi connectivity index (χ1) is 12.1. The minimum atomic E-state index is -0.830. The summed E-state index contributed by atoms with van der Waals surface area (Å²) >= 11 is 0. The summed E-state index contributed by atoms with van der Waals surface area (Å²) in [6.45, 7) is 3.45. The third-order valence-electron chi connectivity index (χ3n) is 4.15. The minimum absolute atomic E-state index is 0.134. The molecule has 1 atom stereocenters. The highest BCUT2D eigenvalue weighted by molar-refractivity contribution is 5.96. The van der Waals surface area contributed by atoms with Gasteiger partial charge in [0, 0.05) is 5.70 Å². The van der Waals surface area contributed by atoms with Gasteiger partial charge in [0.25, 0.3) is 0 Å². The molecule has 3 amide bonds. The smallest absolute Gasteiger partial charge is 0.418 e. The maximum Gasteiger partial charge on any atom is 0.418 e. The van der Waals surface area contributed by atoms with Gasteiger partial charge in [-0.1, -0.05) is 42.5 Å². The molecule has 1 aliphatic heterocycles. The van der Waals surface area contributed by atoms with Crippen molar-refractivity contribution < 1.29 is 14.3 Å². The molecule has 0 fully saturated rings. The van der Waals surface area contributed by atoms with Crippen LogP contribution in [0.2, 0.25) is 0 Å². The fraction of sp³-hybridized carbons (Fsp3) is 0.211. The fourth-order valence-corrected chi connectivity index (χ4v) is 3.05. The van der Waals surface area contributed by atoms with E-state index in [2.05, 4.69) is 11.4 Å². The van der Waals surface area contributed by atoms with Crippen LogP contribution in [0.3, 0.4) is 0 Å². The molecule has 1 heterocycles. The topological polar surface area (TPSA) is 82.4 Å². The van der Waals surface area contributed by atoms with E-state index in [-0.39, 0.29) is 6.61 Å². The lowest BCUT2D eigenvalue weighted by molar-refractivity contribution is 0.104. The number of hydrogen-bond acceptors (Lipinski definition) is 4. The van der Waals surface area contributed by atoms with Crippen molar-refractivity contribution in [2.24, 2.45) is 0 Å². The summed E-state index contributed by atoms with van der Waals surface area (Å²) in [5, 5.41) is 14.0. The zero-order valence-corrected chi connectivity index (χ0v) is 13.9. The van der Waals surface area contributed by atoms with Crippen LogP contribution >= 0.6 is 0 Å². The molecule has 6 heteroatoms. The molecule has 3 rings (SSSR count). The van der Waals surface area contributed by atoms with Crippen molar-refractivity contribution in [3.8, 4) is 6.07 Å². The quantitative estimate of drug-likeness (QED) is 0.903. The van der Waals surface area contributed by atoms with Crippen LogP contribution in [0.5, 0.6) is 0 Å². The van der Waals surface area contributed by atoms with Gasteiger partial charge in [0.05, 0.1) is 18.2 Å². The summed E-state index contributed by atoms with van der Waals surface area (Å²) in [6, 6.07) is 14.0. The number of amides is 3. The Bertz CT molecular complexity index is 922. The van der Waals surface area contributed by atoms with Crippen LogP contribution in [0.4, 0.5) is 9.59 Å². The number of fused-ring (bicyclic) bond motifs is 1. The Labute approximate surface area is 145 Å². The van der Waals surface area contributed by atoms with Crippen molar-refractivity contribution in [3.05, 3.63) is 59.3 Å². The molecule has 0 bridgehead atoms. The molecule has 0 spiro atoms. The van der Waals surface area contributed by atoms with E-state index in [1.165, 1.54) is 0 Å². The third kappa shape index (κ3) is 2.81. The van der Waals surface area contributed by atoms with Gasteiger partial charge >= 0.3 is 12.1 Å². The van der Waals surface area contributed by atoms with Gasteiger partial charge in [-0.15, -0.1) is 0 Å². The molecule has 0 saturated carbocycles. The van der Waals surface area contributed by atoms with E-state index in [0.717, 1.165) is 15.7 Å². The highest BCUT2D eigenvalue weighted by Crippen LogP contribution is 2.37. The van der Waals surface area contributed by atoms with E-state index in [1.807, 2.05) is 42.5 Å². The summed E-state index contributed by atoms with van der Waals surface area (Å²) in [7, 11) is 0. The number of carbonyl (C=O) groups is 2. The molecule has 2 aromatic carbocycles. The summed E-state index contributed by atoms with van der Waals surface area (Å²) < 4.78 is 5.04. The van der Waals surface area contributed by atoms with Gasteiger partial charge in [-0.25, -0.2) is 14.5 Å². The van der Waals surface area contributed by atoms with E-state index in [4.69, 9.17) is 4.74 Å². The van der Waals surface area contributed by atoms with Gasteiger partial charge in [0.2, 0.25) is 0 Å². The van der Waals surface area contributed by atoms with Gasteiger partial charge < -0.3 is 10.1 Å². The van der Waals surface area contributed by atoms with Crippen molar-refractivity contribution in [3.63, 3.8) is 0 Å². The Morgan fingerprint density at radius 1 is 1.28 bits per heavy atom. The maximum atomic E-state index is 12.5. The number of rotatable bonds is 2. The lowest BCUT2D eigenvalue weighted by Crippen LogP contribution is -2.50. The first-order valence-electron chi connectivity index (χ1n) is 7.94. The molecule has 0 aromatic heterocycles. The van der Waals surface area contributed by atoms with Gasteiger partial charge in [-0.2, -0.15) is 5.26 Å². The number of imide groups is 1.